The Labute approximate surface area is 76.9 Å². The van der Waals surface area contributed by atoms with Crippen LogP contribution in [0.15, 0.2) is 60.7 Å². The summed E-state index contributed by atoms with van der Waals surface area (Å²) in [6.45, 7) is 5.63. The smallest absolute Gasteiger partial charge is 0.0467 e. The van der Waals surface area contributed by atoms with Gasteiger partial charge in [-0.05, 0) is 6.92 Å². The van der Waals surface area contributed by atoms with Crippen molar-refractivity contribution in [2.24, 2.45) is 0 Å². The van der Waals surface area contributed by atoms with Gasteiger partial charge in [0.05, 0.1) is 0 Å². The number of rotatable bonds is 5. The monoisotopic (exact) mass is 178 g/mol. The molecule has 0 heterocycles. The molecule has 0 aromatic rings. The minimum absolute atomic E-state index is 0.721. The van der Waals surface area contributed by atoms with Gasteiger partial charge < -0.3 is 0 Å². The summed E-state index contributed by atoms with van der Waals surface area (Å²) in [4.78, 5) is 0. The van der Waals surface area contributed by atoms with Crippen molar-refractivity contribution >= 4 is 8.58 Å². The molecule has 0 aliphatic carbocycles. The van der Waals surface area contributed by atoms with E-state index in [1.807, 2.05) is 55.3 Å². The molecule has 0 bridgehead atoms. The largest absolute Gasteiger partial charge is 0.0985 e. The number of hydrogen-bond donors (Lipinski definition) is 0. The molecule has 1 atom stereocenters. The Kier molecular flexibility index (Phi) is 9.40. The van der Waals surface area contributed by atoms with Crippen LogP contribution in [0.3, 0.4) is 0 Å². The van der Waals surface area contributed by atoms with Crippen LogP contribution in [0.2, 0.25) is 0 Å². The van der Waals surface area contributed by atoms with E-state index < -0.39 is 0 Å². The van der Waals surface area contributed by atoms with Crippen LogP contribution < -0.4 is 0 Å². The molecule has 64 valence electrons. The van der Waals surface area contributed by atoms with Gasteiger partial charge in [-0.15, -0.1) is 0 Å². The third-order valence-electron chi connectivity index (χ3n) is 1.06. The first kappa shape index (κ1) is 11.1. The van der Waals surface area contributed by atoms with Crippen molar-refractivity contribution in [2.45, 2.75) is 6.92 Å². The van der Waals surface area contributed by atoms with E-state index in [0.717, 1.165) is 8.58 Å². The summed E-state index contributed by atoms with van der Waals surface area (Å²) >= 11 is 0. The van der Waals surface area contributed by atoms with E-state index in [2.05, 4.69) is 12.4 Å². The zero-order valence-corrected chi connectivity index (χ0v) is 8.40. The fourth-order valence-corrected chi connectivity index (χ4v) is 0.905. The molecule has 0 aromatic heterocycles. The van der Waals surface area contributed by atoms with Gasteiger partial charge in [0.1, 0.15) is 0 Å². The summed E-state index contributed by atoms with van der Waals surface area (Å²) in [7, 11) is 0.721. The maximum absolute atomic E-state index is 3.63. The van der Waals surface area contributed by atoms with Gasteiger partial charge in [0, 0.05) is 0 Å². The first-order valence-corrected chi connectivity index (χ1v) is 5.05. The van der Waals surface area contributed by atoms with Gasteiger partial charge in [0.2, 0.25) is 0 Å². The van der Waals surface area contributed by atoms with Gasteiger partial charge in [-0.3, -0.25) is 0 Å². The Morgan fingerprint density at radius 2 is 1.50 bits per heavy atom. The third kappa shape index (κ3) is 9.13. The van der Waals surface area contributed by atoms with Crippen LogP contribution in [0.5, 0.6) is 0 Å². The first-order valence-electron chi connectivity index (χ1n) is 3.90. The van der Waals surface area contributed by atoms with Crippen molar-refractivity contribution < 1.29 is 0 Å². The van der Waals surface area contributed by atoms with E-state index >= 15 is 0 Å². The van der Waals surface area contributed by atoms with Crippen molar-refractivity contribution in [3.05, 3.63) is 60.7 Å². The molecule has 0 rings (SSSR count). The van der Waals surface area contributed by atoms with Crippen LogP contribution in [0.1, 0.15) is 6.92 Å². The quantitative estimate of drug-likeness (QED) is 0.440. The van der Waals surface area contributed by atoms with Gasteiger partial charge in [-0.25, -0.2) is 0 Å². The lowest BCUT2D eigenvalue weighted by Gasteiger charge is -1.76. The lowest BCUT2D eigenvalue weighted by atomic mass is 10.4. The highest BCUT2D eigenvalue weighted by atomic mass is 31.1. The van der Waals surface area contributed by atoms with E-state index in [9.17, 15) is 0 Å². The molecule has 1 unspecified atom stereocenters. The summed E-state index contributed by atoms with van der Waals surface area (Å²) in [5.74, 6) is 3.99. The molecule has 0 N–H and O–H groups in total. The lowest BCUT2D eigenvalue weighted by Crippen LogP contribution is -1.49. The Bertz CT molecular complexity index is 207. The summed E-state index contributed by atoms with van der Waals surface area (Å²) in [6.07, 6.45) is 14.0. The standard InChI is InChI=1S/C11H15P/c1-3-5-6-7-8-9-10-11-12-4-2/h3-12H,2H2,1H3/b5-3-,7-6-,9-8-,11-10-. The van der Waals surface area contributed by atoms with Crippen molar-refractivity contribution in [1.29, 1.82) is 0 Å². The second kappa shape index (κ2) is 10.1. The van der Waals surface area contributed by atoms with Crippen molar-refractivity contribution in [2.75, 3.05) is 0 Å². The molecule has 0 spiro atoms. The van der Waals surface area contributed by atoms with E-state index in [1.54, 1.807) is 0 Å². The van der Waals surface area contributed by atoms with E-state index in [-0.39, 0.29) is 0 Å². The van der Waals surface area contributed by atoms with Gasteiger partial charge in [-0.1, -0.05) is 69.3 Å². The van der Waals surface area contributed by atoms with Crippen LogP contribution in [0, 0.1) is 0 Å². The molecule has 0 aliphatic rings. The second-order valence-electron chi connectivity index (χ2n) is 2.03. The Hall–Kier alpha value is -0.870. The molecule has 1 heteroatoms. The highest BCUT2D eigenvalue weighted by Gasteiger charge is 1.63. The molecule has 0 saturated heterocycles. The Morgan fingerprint density at radius 3 is 2.08 bits per heavy atom. The fourth-order valence-electron chi connectivity index (χ4n) is 0.547. The minimum atomic E-state index is 0.721. The van der Waals surface area contributed by atoms with E-state index in [1.165, 1.54) is 0 Å². The Morgan fingerprint density at radius 1 is 0.917 bits per heavy atom. The highest BCUT2D eigenvalue weighted by Crippen LogP contribution is 2.10. The summed E-state index contributed by atoms with van der Waals surface area (Å²) in [6, 6.07) is 0. The van der Waals surface area contributed by atoms with Crippen molar-refractivity contribution in [3.8, 4) is 0 Å². The third-order valence-corrected chi connectivity index (χ3v) is 1.68. The molecule has 0 radical (unpaired) electrons. The fraction of sp³-hybridized carbons (Fsp3) is 0.0909. The molecule has 0 saturated carbocycles. The van der Waals surface area contributed by atoms with E-state index in [4.69, 9.17) is 0 Å². The van der Waals surface area contributed by atoms with Crippen LogP contribution in [-0.2, 0) is 0 Å². The Balaban J connectivity index is 3.55. The second-order valence-corrected chi connectivity index (χ2v) is 3.10. The zero-order chi connectivity index (χ0) is 9.07. The maximum atomic E-state index is 3.63. The molecule has 0 amide bonds. The number of allylic oxidation sites excluding steroid dienone is 7. The van der Waals surface area contributed by atoms with Crippen LogP contribution >= 0.6 is 8.58 Å². The SMILES string of the molecule is C=CP\C=C/C=C\C=C/C=C\C. The molecule has 0 nitrogen and oxygen atoms in total. The first-order chi connectivity index (χ1) is 5.91. The normalized spacial score (nSPS) is 13.8. The van der Waals surface area contributed by atoms with Crippen LogP contribution in [-0.4, -0.2) is 0 Å². The van der Waals surface area contributed by atoms with Crippen molar-refractivity contribution in [3.63, 3.8) is 0 Å². The zero-order valence-electron chi connectivity index (χ0n) is 7.40. The molecular weight excluding hydrogens is 163 g/mol. The molecular formula is C11H15P. The number of hydrogen-bond acceptors (Lipinski definition) is 0. The van der Waals surface area contributed by atoms with Crippen molar-refractivity contribution in [1.82, 2.24) is 0 Å². The topological polar surface area (TPSA) is 0 Å². The summed E-state index contributed by atoms with van der Waals surface area (Å²) < 4.78 is 0. The molecule has 0 fully saturated rings. The van der Waals surface area contributed by atoms with Gasteiger partial charge in [0.25, 0.3) is 0 Å². The average Bonchev–Trinajstić information content (AvgIpc) is 2.10. The molecule has 0 aliphatic heterocycles. The predicted octanol–water partition coefficient (Wildman–Crippen LogP) is 4.01. The van der Waals surface area contributed by atoms with E-state index in [0.29, 0.717) is 0 Å². The maximum Gasteiger partial charge on any atom is -0.0467 e. The molecule has 0 aromatic carbocycles. The van der Waals surface area contributed by atoms with Crippen LogP contribution in [0.25, 0.3) is 0 Å². The highest BCUT2D eigenvalue weighted by molar-refractivity contribution is 7.45. The van der Waals surface area contributed by atoms with Gasteiger partial charge in [0.15, 0.2) is 0 Å². The lowest BCUT2D eigenvalue weighted by molar-refractivity contribution is 1.73. The van der Waals surface area contributed by atoms with Gasteiger partial charge in [-0.2, -0.15) is 0 Å². The molecule has 12 heavy (non-hydrogen) atoms. The predicted molar refractivity (Wildman–Crippen MR) is 60.7 cm³/mol. The van der Waals surface area contributed by atoms with Gasteiger partial charge >= 0.3 is 0 Å². The minimum Gasteiger partial charge on any atom is -0.0985 e. The average molecular weight is 178 g/mol. The summed E-state index contributed by atoms with van der Waals surface area (Å²) in [5.41, 5.74) is 0. The summed E-state index contributed by atoms with van der Waals surface area (Å²) in [5, 5.41) is 0. The van der Waals surface area contributed by atoms with Crippen LogP contribution in [0.4, 0.5) is 0 Å².